The lowest BCUT2D eigenvalue weighted by Crippen LogP contribution is -2.45. The van der Waals surface area contributed by atoms with Crippen molar-refractivity contribution in [1.82, 2.24) is 20.9 Å². The summed E-state index contributed by atoms with van der Waals surface area (Å²) >= 11 is 0. The monoisotopic (exact) mass is 515 g/mol. The van der Waals surface area contributed by atoms with Crippen molar-refractivity contribution in [2.75, 3.05) is 7.11 Å². The maximum atomic E-state index is 12.7. The van der Waals surface area contributed by atoms with E-state index in [1.807, 2.05) is 0 Å². The minimum atomic E-state index is -1.35. The van der Waals surface area contributed by atoms with Crippen LogP contribution in [0.15, 0.2) is 42.5 Å². The molecular formula is C24H29N5O8. The van der Waals surface area contributed by atoms with Gasteiger partial charge in [-0.2, -0.15) is 0 Å². The Balaban J connectivity index is 1.99. The maximum absolute atomic E-state index is 12.7. The molecule has 2 rings (SSSR count). The summed E-state index contributed by atoms with van der Waals surface area (Å²) in [5.74, 6) is -3.86. The molecule has 0 bridgehead atoms. The lowest BCUT2D eigenvalue weighted by molar-refractivity contribution is -0.152. The second-order valence-corrected chi connectivity index (χ2v) is 8.64. The number of rotatable bonds is 8. The van der Waals surface area contributed by atoms with E-state index in [4.69, 9.17) is 14.9 Å². The van der Waals surface area contributed by atoms with Crippen LogP contribution in [-0.2, 0) is 30.4 Å². The van der Waals surface area contributed by atoms with E-state index in [0.717, 1.165) is 7.11 Å². The van der Waals surface area contributed by atoms with Crippen LogP contribution in [-0.4, -0.2) is 59.5 Å². The van der Waals surface area contributed by atoms with Crippen LogP contribution >= 0.6 is 0 Å². The van der Waals surface area contributed by atoms with E-state index in [2.05, 4.69) is 25.7 Å². The van der Waals surface area contributed by atoms with Crippen LogP contribution in [0.3, 0.4) is 0 Å². The highest BCUT2D eigenvalue weighted by molar-refractivity contribution is 6.08. The molecule has 13 nitrogen and oxygen atoms in total. The fraction of sp³-hybridized carbons (Fsp3) is 0.333. The summed E-state index contributed by atoms with van der Waals surface area (Å²) in [6.07, 6.45) is -1.41. The highest BCUT2D eigenvalue weighted by Gasteiger charge is 2.27. The van der Waals surface area contributed by atoms with E-state index in [-0.39, 0.29) is 18.0 Å². The highest BCUT2D eigenvalue weighted by atomic mass is 16.6. The molecule has 0 unspecified atom stereocenters. The zero-order chi connectivity index (χ0) is 27.6. The Hall–Kier alpha value is -4.68. The van der Waals surface area contributed by atoms with Gasteiger partial charge in [-0.05, 0) is 38.5 Å². The summed E-state index contributed by atoms with van der Waals surface area (Å²) in [5, 5.41) is 14.3. The smallest absolute Gasteiger partial charge is 0.414 e. The molecule has 198 valence electrons. The molecule has 0 aliphatic carbocycles. The minimum absolute atomic E-state index is 0.0661. The molecule has 0 saturated carbocycles. The Morgan fingerprint density at radius 3 is 2.16 bits per heavy atom. The fourth-order valence-corrected chi connectivity index (χ4v) is 2.79. The Kier molecular flexibility index (Phi) is 9.92. The Labute approximate surface area is 212 Å². The van der Waals surface area contributed by atoms with Crippen molar-refractivity contribution in [2.45, 2.75) is 45.4 Å². The number of alkyl carbamates (subject to hydrolysis) is 1. The van der Waals surface area contributed by atoms with Gasteiger partial charge >= 0.3 is 18.0 Å². The molecule has 1 heterocycles. The lowest BCUT2D eigenvalue weighted by Gasteiger charge is -2.19. The first-order valence-electron chi connectivity index (χ1n) is 11.0. The number of benzene rings is 1. The number of guanidine groups is 1. The van der Waals surface area contributed by atoms with E-state index >= 15 is 0 Å². The average Bonchev–Trinajstić information content (AvgIpc) is 3.32. The average molecular weight is 516 g/mol. The van der Waals surface area contributed by atoms with Crippen molar-refractivity contribution in [3.63, 3.8) is 0 Å². The van der Waals surface area contributed by atoms with E-state index in [0.29, 0.717) is 5.56 Å². The van der Waals surface area contributed by atoms with Crippen molar-refractivity contribution < 1.29 is 38.2 Å². The molecule has 3 amide bonds. The first kappa shape index (κ1) is 28.6. The van der Waals surface area contributed by atoms with Gasteiger partial charge in [-0.15, -0.1) is 0 Å². The van der Waals surface area contributed by atoms with Gasteiger partial charge < -0.3 is 24.5 Å². The maximum Gasteiger partial charge on any atom is 0.414 e. The van der Waals surface area contributed by atoms with Crippen LogP contribution in [0.1, 0.15) is 53.7 Å². The summed E-state index contributed by atoms with van der Waals surface area (Å²) in [5.41, 5.74) is -0.305. The Morgan fingerprint density at radius 1 is 0.946 bits per heavy atom. The van der Waals surface area contributed by atoms with Crippen LogP contribution in [0, 0.1) is 5.41 Å². The zero-order valence-corrected chi connectivity index (χ0v) is 20.8. The summed E-state index contributed by atoms with van der Waals surface area (Å²) in [6.45, 7) is 4.85. The molecule has 0 saturated heterocycles. The molecule has 1 atom stereocenters. The Bertz CT molecular complexity index is 1150. The molecule has 2 aromatic rings. The van der Waals surface area contributed by atoms with Gasteiger partial charge in [0, 0.05) is 0 Å². The molecule has 1 aromatic heterocycles. The number of H-pyrrole nitrogens is 1. The van der Waals surface area contributed by atoms with Crippen molar-refractivity contribution in [3.05, 3.63) is 59.4 Å². The third-order valence-corrected chi connectivity index (χ3v) is 4.45. The quantitative estimate of drug-likeness (QED) is 0.152. The molecule has 0 spiro atoms. The number of esters is 2. The van der Waals surface area contributed by atoms with Crippen LogP contribution in [0.2, 0.25) is 0 Å². The van der Waals surface area contributed by atoms with Gasteiger partial charge in [0.2, 0.25) is 5.96 Å². The van der Waals surface area contributed by atoms with Gasteiger partial charge in [0.05, 0.1) is 13.5 Å². The van der Waals surface area contributed by atoms with Crippen LogP contribution in [0.25, 0.3) is 0 Å². The lowest BCUT2D eigenvalue weighted by atomic mass is 10.2. The molecule has 0 aliphatic heterocycles. The number of aromatic amines is 1. The predicted molar refractivity (Wildman–Crippen MR) is 129 cm³/mol. The Morgan fingerprint density at radius 2 is 1.57 bits per heavy atom. The summed E-state index contributed by atoms with van der Waals surface area (Å²) in [4.78, 5) is 63.6. The topological polar surface area (TPSA) is 189 Å². The number of amides is 3. The third-order valence-electron chi connectivity index (χ3n) is 4.45. The van der Waals surface area contributed by atoms with Crippen molar-refractivity contribution in [3.8, 4) is 0 Å². The molecule has 0 aliphatic rings. The zero-order valence-electron chi connectivity index (χ0n) is 20.8. The normalized spacial score (nSPS) is 11.5. The van der Waals surface area contributed by atoms with Crippen LogP contribution in [0.4, 0.5) is 4.79 Å². The number of nitrogens with one attached hydrogen (secondary N) is 5. The number of hydrogen-bond acceptors (Lipinski definition) is 9. The van der Waals surface area contributed by atoms with E-state index < -0.39 is 53.9 Å². The fourth-order valence-electron chi connectivity index (χ4n) is 2.79. The van der Waals surface area contributed by atoms with Crippen molar-refractivity contribution in [2.24, 2.45) is 0 Å². The van der Waals surface area contributed by atoms with Crippen LogP contribution < -0.4 is 16.0 Å². The number of carbonyl (C=O) groups excluding carboxylic acids is 5. The van der Waals surface area contributed by atoms with Gasteiger partial charge in [0.1, 0.15) is 29.6 Å². The standard InChI is InChI=1S/C24H29N5O8/c1-24(2,3)37-23(34)29-22(25)28-20(32)16-11-10-15(26-16)19(31)27-17(12-18(30)35-4)21(33)36-13-14-8-6-5-7-9-14/h5-11,17,26H,12-13H2,1-4H3,(H,27,31)(H3,25,28,29,32,34)/t17-/m1/s1. The van der Waals surface area contributed by atoms with E-state index in [9.17, 15) is 24.0 Å². The second-order valence-electron chi connectivity index (χ2n) is 8.64. The third kappa shape index (κ3) is 9.84. The number of hydrogen-bond donors (Lipinski definition) is 5. The number of aromatic nitrogens is 1. The van der Waals surface area contributed by atoms with Crippen LogP contribution in [0.5, 0.6) is 0 Å². The van der Waals surface area contributed by atoms with Gasteiger partial charge in [-0.3, -0.25) is 30.4 Å². The van der Waals surface area contributed by atoms with Gasteiger partial charge in [0.15, 0.2) is 0 Å². The molecule has 0 fully saturated rings. The molecule has 5 N–H and O–H groups in total. The summed E-state index contributed by atoms with van der Waals surface area (Å²) in [7, 11) is 1.14. The van der Waals surface area contributed by atoms with E-state index in [1.165, 1.54) is 12.1 Å². The molecule has 1 aromatic carbocycles. The largest absolute Gasteiger partial charge is 0.469 e. The van der Waals surface area contributed by atoms with Gasteiger partial charge in [-0.25, -0.2) is 9.59 Å². The minimum Gasteiger partial charge on any atom is -0.469 e. The molecule has 37 heavy (non-hydrogen) atoms. The number of ether oxygens (including phenoxy) is 3. The number of methoxy groups -OCH3 is 1. The van der Waals surface area contributed by atoms with E-state index in [1.54, 1.807) is 51.1 Å². The highest BCUT2D eigenvalue weighted by Crippen LogP contribution is 2.08. The summed E-state index contributed by atoms with van der Waals surface area (Å²) < 4.78 is 14.8. The predicted octanol–water partition coefficient (Wildman–Crippen LogP) is 1.61. The van der Waals surface area contributed by atoms with Crippen molar-refractivity contribution >= 4 is 35.8 Å². The van der Waals surface area contributed by atoms with Crippen molar-refractivity contribution in [1.29, 1.82) is 5.41 Å². The molecular weight excluding hydrogens is 486 g/mol. The van der Waals surface area contributed by atoms with Gasteiger partial charge in [0.25, 0.3) is 11.8 Å². The second kappa shape index (κ2) is 12.9. The van der Waals surface area contributed by atoms with Gasteiger partial charge in [-0.1, -0.05) is 30.3 Å². The summed E-state index contributed by atoms with van der Waals surface area (Å²) in [6, 6.07) is 10.0. The molecule has 0 radical (unpaired) electrons. The molecule has 13 heteroatoms. The SMILES string of the molecule is COC(=O)C[C@@H](NC(=O)c1ccc(C(=O)NC(=N)NC(=O)OC(C)(C)C)[nH]1)C(=O)OCc1ccccc1. The first-order chi connectivity index (χ1) is 17.4. The number of carbonyl (C=O) groups is 5. The first-order valence-corrected chi connectivity index (χ1v) is 11.0.